The fourth-order valence-electron chi connectivity index (χ4n) is 5.43. The lowest BCUT2D eigenvalue weighted by Gasteiger charge is -2.51. The van der Waals surface area contributed by atoms with E-state index in [1.165, 1.54) is 29.2 Å². The molecule has 3 aliphatic rings. The number of nitrogens with zero attached hydrogens (tertiary/aromatic N) is 6. The molecule has 2 bridgehead atoms. The van der Waals surface area contributed by atoms with Crippen molar-refractivity contribution in [3.63, 3.8) is 0 Å². The van der Waals surface area contributed by atoms with Crippen molar-refractivity contribution in [3.8, 4) is 0 Å². The van der Waals surface area contributed by atoms with Crippen LogP contribution in [0.15, 0.2) is 33.8 Å². The lowest BCUT2D eigenvalue weighted by Crippen LogP contribution is -2.64. The predicted octanol–water partition coefficient (Wildman–Crippen LogP) is 3.20. The molecule has 0 N–H and O–H groups in total. The summed E-state index contributed by atoms with van der Waals surface area (Å²) in [6, 6.07) is 5.17. The molecule has 0 radical (unpaired) electrons. The van der Waals surface area contributed by atoms with E-state index in [1.807, 2.05) is 4.90 Å². The highest BCUT2D eigenvalue weighted by atomic mass is 19.4. The number of carbonyl (C=O) groups is 1. The summed E-state index contributed by atoms with van der Waals surface area (Å²) in [5.41, 5.74) is -0.340. The summed E-state index contributed by atoms with van der Waals surface area (Å²) >= 11 is 0. The first-order chi connectivity index (χ1) is 16.4. The molecule has 0 saturated carbocycles. The second kappa shape index (κ2) is 8.13. The number of aryl methyl sites for hydroxylation is 1. The maximum Gasteiger partial charge on any atom is 0.389 e. The number of pyridine rings is 1. The summed E-state index contributed by atoms with van der Waals surface area (Å²) in [5.74, 6) is 0.528. The van der Waals surface area contributed by atoms with Gasteiger partial charge in [0.2, 0.25) is 0 Å². The fourth-order valence-corrected chi connectivity index (χ4v) is 5.43. The molecule has 0 aromatic carbocycles. The van der Waals surface area contributed by atoms with Crippen LogP contribution in [-0.4, -0.2) is 61.4 Å². The van der Waals surface area contributed by atoms with Crippen molar-refractivity contribution >= 4 is 22.9 Å². The summed E-state index contributed by atoms with van der Waals surface area (Å²) in [5, 5.41) is 3.76. The van der Waals surface area contributed by atoms with Gasteiger partial charge in [-0.1, -0.05) is 19.0 Å². The fraction of sp³-hybridized carbons (Fsp3) is 0.565. The van der Waals surface area contributed by atoms with E-state index >= 15 is 0 Å². The number of halogens is 3. The molecule has 3 saturated heterocycles. The van der Waals surface area contributed by atoms with Gasteiger partial charge in [-0.2, -0.15) is 13.2 Å². The zero-order chi connectivity index (χ0) is 25.1. The highest BCUT2D eigenvalue weighted by Crippen LogP contribution is 2.36. The molecule has 2 atom stereocenters. The molecule has 0 aliphatic carbocycles. The van der Waals surface area contributed by atoms with E-state index in [-0.39, 0.29) is 30.2 Å². The average Bonchev–Trinajstić information content (AvgIpc) is 3.41. The molecular weight excluding hydrogens is 465 g/mol. The zero-order valence-corrected chi connectivity index (χ0v) is 19.7. The number of aromatic nitrogens is 4. The van der Waals surface area contributed by atoms with Crippen molar-refractivity contribution in [1.82, 2.24) is 24.2 Å². The van der Waals surface area contributed by atoms with E-state index in [1.54, 1.807) is 25.2 Å². The van der Waals surface area contributed by atoms with Crippen LogP contribution in [0.4, 0.5) is 19.0 Å². The third-order valence-electron chi connectivity index (χ3n) is 6.97. The second-order valence-electron chi connectivity index (χ2n) is 10.3. The summed E-state index contributed by atoms with van der Waals surface area (Å²) in [6.45, 7) is 4.06. The first-order valence-electron chi connectivity index (χ1n) is 11.5. The van der Waals surface area contributed by atoms with Crippen LogP contribution in [0, 0.1) is 5.41 Å². The number of amides is 1. The minimum Gasteiger partial charge on any atom is -0.364 e. The van der Waals surface area contributed by atoms with Crippen LogP contribution in [0.3, 0.4) is 0 Å². The minimum atomic E-state index is -4.32. The quantitative estimate of drug-likeness (QED) is 0.544. The molecule has 3 aliphatic heterocycles. The smallest absolute Gasteiger partial charge is 0.364 e. The molecular formula is C23H27F3N6O3. The zero-order valence-electron chi connectivity index (χ0n) is 19.7. The highest BCUT2D eigenvalue weighted by Gasteiger charge is 2.42. The van der Waals surface area contributed by atoms with Gasteiger partial charge in [-0.05, 0) is 30.4 Å². The van der Waals surface area contributed by atoms with E-state index in [0.717, 1.165) is 12.8 Å². The standard InChI is InChI=1S/C23H27F3N6O3/c1-22(2,12-23(24,25)26)13-32-17-6-7-18(27-19(17)29(3)21(32)34)30-10-15-5-4-14(30)11-31(15)20(33)16-8-9-35-28-16/h6-9,14-15H,4-5,10-13H2,1-3H3. The number of anilines is 1. The number of hydrogen-bond donors (Lipinski definition) is 0. The largest absolute Gasteiger partial charge is 0.389 e. The lowest BCUT2D eigenvalue weighted by molar-refractivity contribution is -0.155. The van der Waals surface area contributed by atoms with Gasteiger partial charge >= 0.3 is 11.9 Å². The van der Waals surface area contributed by atoms with Crippen molar-refractivity contribution in [2.45, 2.75) is 57.9 Å². The van der Waals surface area contributed by atoms with Crippen LogP contribution >= 0.6 is 0 Å². The molecule has 188 valence electrons. The molecule has 35 heavy (non-hydrogen) atoms. The molecule has 2 unspecified atom stereocenters. The number of imidazole rings is 1. The second-order valence-corrected chi connectivity index (χ2v) is 10.3. The third kappa shape index (κ3) is 4.30. The summed E-state index contributed by atoms with van der Waals surface area (Å²) in [4.78, 5) is 34.4. The van der Waals surface area contributed by atoms with Crippen LogP contribution in [0.1, 0.15) is 43.6 Å². The summed E-state index contributed by atoms with van der Waals surface area (Å²) in [6.07, 6.45) is -2.16. The molecule has 3 aromatic heterocycles. The Hall–Kier alpha value is -3.31. The summed E-state index contributed by atoms with van der Waals surface area (Å²) in [7, 11) is 1.58. The van der Waals surface area contributed by atoms with Gasteiger partial charge in [0, 0.05) is 44.8 Å². The first-order valence-corrected chi connectivity index (χ1v) is 11.5. The normalized spacial score (nSPS) is 20.7. The van der Waals surface area contributed by atoms with Gasteiger partial charge < -0.3 is 14.3 Å². The number of hydrogen-bond acceptors (Lipinski definition) is 6. The Morgan fingerprint density at radius 3 is 2.51 bits per heavy atom. The summed E-state index contributed by atoms with van der Waals surface area (Å²) < 4.78 is 46.6. The molecule has 3 aromatic rings. The Bertz CT molecular complexity index is 1310. The van der Waals surface area contributed by atoms with Crippen molar-refractivity contribution in [3.05, 3.63) is 40.6 Å². The Morgan fingerprint density at radius 1 is 1.14 bits per heavy atom. The van der Waals surface area contributed by atoms with Gasteiger partial charge in [-0.15, -0.1) is 0 Å². The monoisotopic (exact) mass is 492 g/mol. The Kier molecular flexibility index (Phi) is 5.44. The van der Waals surface area contributed by atoms with Crippen molar-refractivity contribution in [2.75, 3.05) is 18.0 Å². The van der Waals surface area contributed by atoms with E-state index in [2.05, 4.69) is 10.1 Å². The van der Waals surface area contributed by atoms with Crippen LogP contribution in [0.2, 0.25) is 0 Å². The van der Waals surface area contributed by atoms with Gasteiger partial charge in [0.05, 0.1) is 11.9 Å². The van der Waals surface area contributed by atoms with Gasteiger partial charge in [-0.3, -0.25) is 13.9 Å². The van der Waals surface area contributed by atoms with Gasteiger partial charge in [-0.25, -0.2) is 9.78 Å². The van der Waals surface area contributed by atoms with E-state index in [9.17, 15) is 22.8 Å². The van der Waals surface area contributed by atoms with Crippen molar-refractivity contribution in [2.24, 2.45) is 12.5 Å². The SMILES string of the molecule is Cn1c(=O)n(CC(C)(C)CC(F)(F)F)c2ccc(N3CC4CCC3CN4C(=O)c3ccon3)nc21. The molecule has 3 fully saturated rings. The number of carbonyl (C=O) groups excluding carboxylic acids is 1. The van der Waals surface area contributed by atoms with E-state index in [0.29, 0.717) is 30.1 Å². The molecule has 6 heterocycles. The molecule has 0 spiro atoms. The maximum atomic E-state index is 13.0. The topological polar surface area (TPSA) is 89.4 Å². The van der Waals surface area contributed by atoms with Crippen molar-refractivity contribution in [1.29, 1.82) is 0 Å². The minimum absolute atomic E-state index is 0.00159. The van der Waals surface area contributed by atoms with Crippen LogP contribution in [-0.2, 0) is 13.6 Å². The molecule has 1 amide bonds. The number of piperidine rings is 2. The number of fused-ring (bicyclic) bond motifs is 4. The van der Waals surface area contributed by atoms with Gasteiger partial charge in [0.25, 0.3) is 5.91 Å². The highest BCUT2D eigenvalue weighted by molar-refractivity contribution is 5.92. The Balaban J connectivity index is 1.41. The number of rotatable bonds is 5. The maximum absolute atomic E-state index is 13.0. The van der Waals surface area contributed by atoms with Gasteiger partial charge in [0.15, 0.2) is 11.3 Å². The third-order valence-corrected chi connectivity index (χ3v) is 6.97. The molecule has 9 nitrogen and oxygen atoms in total. The molecule has 12 heteroatoms. The van der Waals surface area contributed by atoms with Gasteiger partial charge in [0.1, 0.15) is 12.1 Å². The predicted molar refractivity (Wildman–Crippen MR) is 121 cm³/mol. The van der Waals surface area contributed by atoms with E-state index < -0.39 is 23.7 Å². The first kappa shape index (κ1) is 23.4. The van der Waals surface area contributed by atoms with Crippen LogP contribution in [0.25, 0.3) is 11.2 Å². The van der Waals surface area contributed by atoms with E-state index in [4.69, 9.17) is 9.51 Å². The number of piperazine rings is 1. The Morgan fingerprint density at radius 2 is 1.89 bits per heavy atom. The van der Waals surface area contributed by atoms with Crippen LogP contribution < -0.4 is 10.6 Å². The average molecular weight is 493 g/mol. The Labute approximate surface area is 199 Å². The van der Waals surface area contributed by atoms with Crippen molar-refractivity contribution < 1.29 is 22.5 Å². The van der Waals surface area contributed by atoms with Crippen LogP contribution in [0.5, 0.6) is 0 Å². The number of alkyl halides is 3. The molecule has 6 rings (SSSR count). The lowest BCUT2D eigenvalue weighted by atomic mass is 9.89.